The van der Waals surface area contributed by atoms with E-state index in [-0.39, 0.29) is 6.10 Å². The predicted molar refractivity (Wildman–Crippen MR) is 121 cm³/mol. The van der Waals surface area contributed by atoms with E-state index in [2.05, 4.69) is 16.8 Å². The second kappa shape index (κ2) is 9.90. The standard InChI is InChI=1S/C21H20Cl3N3OS/c1-4-9-27-20(14(3)28-19-10-13(2)5-7-17(19)23)25-26-21(27)29-12-15-6-8-16(22)18(24)11-15/h4-8,10-11,14H,1,9,12H2,2-3H3. The van der Waals surface area contributed by atoms with Crippen LogP contribution in [-0.4, -0.2) is 14.8 Å². The molecule has 0 fully saturated rings. The smallest absolute Gasteiger partial charge is 0.191 e. The van der Waals surface area contributed by atoms with Crippen LogP contribution in [0.4, 0.5) is 0 Å². The van der Waals surface area contributed by atoms with Crippen LogP contribution >= 0.6 is 46.6 Å². The summed E-state index contributed by atoms with van der Waals surface area (Å²) in [7, 11) is 0. The van der Waals surface area contributed by atoms with Gasteiger partial charge in [-0.05, 0) is 49.2 Å². The van der Waals surface area contributed by atoms with Gasteiger partial charge < -0.3 is 4.74 Å². The molecule has 3 aromatic rings. The number of allylic oxidation sites excluding steroid dienone is 1. The summed E-state index contributed by atoms with van der Waals surface area (Å²) >= 11 is 19.9. The molecule has 152 valence electrons. The first-order chi connectivity index (χ1) is 13.9. The van der Waals surface area contributed by atoms with Crippen molar-refractivity contribution in [1.82, 2.24) is 14.8 Å². The van der Waals surface area contributed by atoms with Crippen molar-refractivity contribution in [2.24, 2.45) is 0 Å². The number of aromatic nitrogens is 3. The van der Waals surface area contributed by atoms with E-state index in [1.807, 2.05) is 54.8 Å². The largest absolute Gasteiger partial charge is 0.481 e. The maximum absolute atomic E-state index is 6.27. The van der Waals surface area contributed by atoms with Gasteiger partial charge >= 0.3 is 0 Å². The van der Waals surface area contributed by atoms with Gasteiger partial charge in [-0.15, -0.1) is 16.8 Å². The van der Waals surface area contributed by atoms with Crippen molar-refractivity contribution in [3.8, 4) is 5.75 Å². The molecule has 0 N–H and O–H groups in total. The number of rotatable bonds is 8. The Kier molecular flexibility index (Phi) is 7.52. The summed E-state index contributed by atoms with van der Waals surface area (Å²) in [6.07, 6.45) is 1.48. The van der Waals surface area contributed by atoms with Crippen LogP contribution in [0.2, 0.25) is 15.1 Å². The van der Waals surface area contributed by atoms with E-state index >= 15 is 0 Å². The zero-order valence-electron chi connectivity index (χ0n) is 16.0. The third-order valence-electron chi connectivity index (χ3n) is 4.16. The fourth-order valence-electron chi connectivity index (χ4n) is 2.73. The highest BCUT2D eigenvalue weighted by molar-refractivity contribution is 7.98. The fourth-order valence-corrected chi connectivity index (χ4v) is 4.11. The molecule has 0 saturated carbocycles. The summed E-state index contributed by atoms with van der Waals surface area (Å²) in [4.78, 5) is 0. The van der Waals surface area contributed by atoms with E-state index in [0.717, 1.165) is 16.3 Å². The van der Waals surface area contributed by atoms with Gasteiger partial charge in [0.05, 0.1) is 15.1 Å². The number of benzene rings is 2. The van der Waals surface area contributed by atoms with E-state index in [1.54, 1.807) is 17.8 Å². The van der Waals surface area contributed by atoms with Crippen molar-refractivity contribution in [3.63, 3.8) is 0 Å². The van der Waals surface area contributed by atoms with Crippen molar-refractivity contribution in [2.75, 3.05) is 0 Å². The van der Waals surface area contributed by atoms with Crippen LogP contribution in [0.25, 0.3) is 0 Å². The maximum Gasteiger partial charge on any atom is 0.191 e. The van der Waals surface area contributed by atoms with Crippen molar-refractivity contribution >= 4 is 46.6 Å². The monoisotopic (exact) mass is 467 g/mol. The molecule has 3 rings (SSSR count). The van der Waals surface area contributed by atoms with Gasteiger partial charge in [0.1, 0.15) is 5.75 Å². The Morgan fingerprint density at radius 3 is 2.59 bits per heavy atom. The number of nitrogens with zero attached hydrogens (tertiary/aromatic N) is 3. The van der Waals surface area contributed by atoms with Gasteiger partial charge in [0, 0.05) is 12.3 Å². The molecule has 0 radical (unpaired) electrons. The van der Waals surface area contributed by atoms with Gasteiger partial charge in [0.25, 0.3) is 0 Å². The van der Waals surface area contributed by atoms with Crippen molar-refractivity contribution < 1.29 is 4.74 Å². The van der Waals surface area contributed by atoms with Crippen LogP contribution in [0.3, 0.4) is 0 Å². The van der Waals surface area contributed by atoms with Crippen LogP contribution < -0.4 is 4.74 Å². The molecule has 29 heavy (non-hydrogen) atoms. The summed E-state index contributed by atoms with van der Waals surface area (Å²) < 4.78 is 8.06. The highest BCUT2D eigenvalue weighted by Gasteiger charge is 2.20. The van der Waals surface area contributed by atoms with Crippen LogP contribution in [0, 0.1) is 6.92 Å². The third kappa shape index (κ3) is 5.48. The lowest BCUT2D eigenvalue weighted by Gasteiger charge is -2.17. The van der Waals surface area contributed by atoms with E-state index in [0.29, 0.717) is 38.9 Å². The maximum atomic E-state index is 6.27. The highest BCUT2D eigenvalue weighted by atomic mass is 35.5. The minimum atomic E-state index is -0.332. The summed E-state index contributed by atoms with van der Waals surface area (Å²) in [6, 6.07) is 11.3. The minimum Gasteiger partial charge on any atom is -0.481 e. The fraction of sp³-hybridized carbons (Fsp3) is 0.238. The van der Waals surface area contributed by atoms with E-state index < -0.39 is 0 Å². The van der Waals surface area contributed by atoms with Gasteiger partial charge in [-0.25, -0.2) is 0 Å². The minimum absolute atomic E-state index is 0.332. The zero-order valence-corrected chi connectivity index (χ0v) is 19.1. The summed E-state index contributed by atoms with van der Waals surface area (Å²) in [5.41, 5.74) is 2.12. The molecule has 8 heteroatoms. The highest BCUT2D eigenvalue weighted by Crippen LogP contribution is 2.32. The topological polar surface area (TPSA) is 39.9 Å². The molecule has 1 unspecified atom stereocenters. The molecule has 0 aliphatic heterocycles. The van der Waals surface area contributed by atoms with Gasteiger partial charge in [0.15, 0.2) is 17.1 Å². The van der Waals surface area contributed by atoms with Crippen LogP contribution in [0.15, 0.2) is 54.2 Å². The Morgan fingerprint density at radius 2 is 1.86 bits per heavy atom. The molecule has 0 spiro atoms. The second-order valence-electron chi connectivity index (χ2n) is 6.47. The molecule has 2 aromatic carbocycles. The predicted octanol–water partition coefficient (Wildman–Crippen LogP) is 7.17. The molecule has 4 nitrogen and oxygen atoms in total. The van der Waals surface area contributed by atoms with Crippen LogP contribution in [0.1, 0.15) is 30.0 Å². The zero-order chi connectivity index (χ0) is 21.0. The first-order valence-electron chi connectivity index (χ1n) is 8.92. The Hall–Kier alpha value is -1.66. The van der Waals surface area contributed by atoms with Crippen molar-refractivity contribution in [1.29, 1.82) is 0 Å². The Morgan fingerprint density at radius 1 is 1.10 bits per heavy atom. The van der Waals surface area contributed by atoms with Crippen LogP contribution in [0.5, 0.6) is 5.75 Å². The van der Waals surface area contributed by atoms with Crippen molar-refractivity contribution in [2.45, 2.75) is 37.4 Å². The molecule has 0 amide bonds. The van der Waals surface area contributed by atoms with Gasteiger partial charge in [-0.3, -0.25) is 4.57 Å². The number of hydrogen-bond acceptors (Lipinski definition) is 4. The van der Waals surface area contributed by atoms with E-state index in [9.17, 15) is 0 Å². The summed E-state index contributed by atoms with van der Waals surface area (Å²) in [6.45, 7) is 8.34. The van der Waals surface area contributed by atoms with E-state index in [1.165, 1.54) is 0 Å². The number of hydrogen-bond donors (Lipinski definition) is 0. The lowest BCUT2D eigenvalue weighted by Crippen LogP contribution is -2.12. The Balaban J connectivity index is 1.79. The molecule has 0 aliphatic carbocycles. The summed E-state index contributed by atoms with van der Waals surface area (Å²) in [5, 5.41) is 11.1. The number of thioether (sulfide) groups is 1. The van der Waals surface area contributed by atoms with Gasteiger partial charge in [-0.1, -0.05) is 64.8 Å². The van der Waals surface area contributed by atoms with Crippen LogP contribution in [-0.2, 0) is 12.3 Å². The average Bonchev–Trinajstić information content (AvgIpc) is 3.09. The first kappa shape index (κ1) is 22.0. The molecular formula is C21H20Cl3N3OS. The lowest BCUT2D eigenvalue weighted by atomic mass is 10.2. The first-order valence-corrected chi connectivity index (χ1v) is 11.0. The Labute approximate surface area is 189 Å². The van der Waals surface area contributed by atoms with Crippen molar-refractivity contribution in [3.05, 3.63) is 81.1 Å². The molecule has 1 atom stereocenters. The second-order valence-corrected chi connectivity index (χ2v) is 8.64. The van der Waals surface area contributed by atoms with Gasteiger partial charge in [0.2, 0.25) is 0 Å². The molecule has 0 aliphatic rings. The molecule has 0 saturated heterocycles. The normalized spacial score (nSPS) is 12.0. The quantitative estimate of drug-likeness (QED) is 0.259. The molecule has 0 bridgehead atoms. The third-order valence-corrected chi connectivity index (χ3v) is 6.25. The lowest BCUT2D eigenvalue weighted by molar-refractivity contribution is 0.210. The molecular weight excluding hydrogens is 449 g/mol. The summed E-state index contributed by atoms with van der Waals surface area (Å²) in [5.74, 6) is 2.02. The molecule has 1 aromatic heterocycles. The molecule has 1 heterocycles. The number of ether oxygens (including phenoxy) is 1. The Bertz CT molecular complexity index is 1020. The number of halogens is 3. The van der Waals surface area contributed by atoms with E-state index in [4.69, 9.17) is 39.5 Å². The number of aryl methyl sites for hydroxylation is 1. The SMILES string of the molecule is C=CCn1c(SCc2ccc(Cl)c(Cl)c2)nnc1C(C)Oc1cc(C)ccc1Cl. The van der Waals surface area contributed by atoms with Gasteiger partial charge in [-0.2, -0.15) is 0 Å². The average molecular weight is 469 g/mol.